The molecule has 8 aromatic rings. The third kappa shape index (κ3) is 5.79. The SMILES string of the molecule is CC(C)(C)c1ccnc(-n2c3[c-]c(Oc4[c-]c(N5C=CN(c6ccccc6)[CH-]5)ccc4)ccc3c3c2c2ccccc2n3-c2ccccc2)c1.[Pd]. The molecule has 0 atom stereocenters. The Morgan fingerprint density at radius 2 is 1.31 bits per heavy atom. The number of rotatable bonds is 6. The van der Waals surface area contributed by atoms with E-state index >= 15 is 0 Å². The molecule has 254 valence electrons. The first-order valence-corrected chi connectivity index (χ1v) is 16.8. The topological polar surface area (TPSA) is 38.5 Å². The fourth-order valence-electron chi connectivity index (χ4n) is 6.80. The molecule has 1 aliphatic rings. The second-order valence-corrected chi connectivity index (χ2v) is 13.5. The van der Waals surface area contributed by atoms with E-state index in [0.29, 0.717) is 11.5 Å². The zero-order valence-electron chi connectivity index (χ0n) is 28.4. The number of aromatic nitrogens is 3. The van der Waals surface area contributed by atoms with Crippen molar-refractivity contribution in [2.75, 3.05) is 9.80 Å². The molecule has 1 aliphatic heterocycles. The monoisotopic (exact) mass is 754 g/mol. The number of para-hydroxylation sites is 3. The van der Waals surface area contributed by atoms with E-state index in [2.05, 4.69) is 132 Å². The number of nitrogens with zero attached hydrogens (tertiary/aromatic N) is 5. The van der Waals surface area contributed by atoms with Crippen LogP contribution in [0.1, 0.15) is 26.3 Å². The van der Waals surface area contributed by atoms with Crippen molar-refractivity contribution in [3.63, 3.8) is 0 Å². The molecule has 0 unspecified atom stereocenters. The van der Waals surface area contributed by atoms with Gasteiger partial charge in [-0.25, -0.2) is 4.98 Å². The van der Waals surface area contributed by atoms with Gasteiger partial charge >= 0.3 is 0 Å². The van der Waals surface area contributed by atoms with Gasteiger partial charge in [-0.1, -0.05) is 86.3 Å². The van der Waals surface area contributed by atoms with Gasteiger partial charge in [0.05, 0.1) is 11.0 Å². The summed E-state index contributed by atoms with van der Waals surface area (Å²) in [5.74, 6) is 2.05. The largest absolute Gasteiger partial charge is 0.509 e. The average Bonchev–Trinajstić information content (AvgIpc) is 3.85. The summed E-state index contributed by atoms with van der Waals surface area (Å²) in [5, 5.41) is 2.20. The second-order valence-electron chi connectivity index (χ2n) is 13.5. The first kappa shape index (κ1) is 32.6. The molecule has 0 fully saturated rings. The van der Waals surface area contributed by atoms with Crippen molar-refractivity contribution in [1.82, 2.24) is 14.1 Å². The van der Waals surface area contributed by atoms with Crippen LogP contribution in [0.15, 0.2) is 146 Å². The van der Waals surface area contributed by atoms with E-state index in [4.69, 9.17) is 9.72 Å². The Bertz CT molecular complexity index is 2550. The smallest absolute Gasteiger partial charge is 0.135 e. The van der Waals surface area contributed by atoms with Crippen LogP contribution in [0.4, 0.5) is 11.4 Å². The summed E-state index contributed by atoms with van der Waals surface area (Å²) < 4.78 is 11.1. The van der Waals surface area contributed by atoms with Crippen LogP contribution in [0.2, 0.25) is 0 Å². The number of fused-ring (bicyclic) bond motifs is 5. The third-order valence-corrected chi connectivity index (χ3v) is 9.25. The zero-order valence-corrected chi connectivity index (χ0v) is 29.9. The van der Waals surface area contributed by atoms with E-state index in [1.165, 1.54) is 5.56 Å². The van der Waals surface area contributed by atoms with Crippen LogP contribution in [-0.4, -0.2) is 14.1 Å². The Labute approximate surface area is 311 Å². The minimum Gasteiger partial charge on any atom is -0.509 e. The van der Waals surface area contributed by atoms with Gasteiger partial charge in [0.1, 0.15) is 5.82 Å². The average molecular weight is 755 g/mol. The number of benzene rings is 5. The van der Waals surface area contributed by atoms with Crippen molar-refractivity contribution in [2.45, 2.75) is 26.2 Å². The Kier molecular flexibility index (Phi) is 8.26. The predicted molar refractivity (Wildman–Crippen MR) is 203 cm³/mol. The third-order valence-electron chi connectivity index (χ3n) is 9.25. The number of hydrogen-bond acceptors (Lipinski definition) is 4. The molecule has 0 saturated carbocycles. The summed E-state index contributed by atoms with van der Waals surface area (Å²) in [6.07, 6.45) is 5.96. The van der Waals surface area contributed by atoms with Gasteiger partial charge in [0, 0.05) is 60.4 Å². The standard InChI is InChI=1S/C44H34N5O.Pd/c1-44(2,3)31-23-24-45-41(27-31)49-40-29-36(50-35-18-12-17-34(28-35)47-26-25-46(30-47)32-13-6-4-7-14-32)21-22-38(40)42-43(49)37-19-10-11-20-39(37)48(42)33-15-8-5-9-16-33;/h4-27,30H,1-3H3;/q-3;. The van der Waals surface area contributed by atoms with Gasteiger partial charge in [0.25, 0.3) is 0 Å². The molecule has 6 nitrogen and oxygen atoms in total. The summed E-state index contributed by atoms with van der Waals surface area (Å²) in [5.41, 5.74) is 8.44. The maximum absolute atomic E-state index is 6.51. The Morgan fingerprint density at radius 3 is 2.10 bits per heavy atom. The van der Waals surface area contributed by atoms with E-state index in [1.807, 2.05) is 72.6 Å². The predicted octanol–water partition coefficient (Wildman–Crippen LogP) is 10.7. The molecule has 0 aliphatic carbocycles. The van der Waals surface area contributed by atoms with Crippen LogP contribution in [-0.2, 0) is 25.8 Å². The molecule has 0 radical (unpaired) electrons. The quantitative estimate of drug-likeness (QED) is 0.125. The number of ether oxygens (including phenoxy) is 1. The summed E-state index contributed by atoms with van der Waals surface area (Å²) in [6, 6.07) is 50.9. The summed E-state index contributed by atoms with van der Waals surface area (Å²) >= 11 is 0. The van der Waals surface area contributed by atoms with Crippen LogP contribution in [0.25, 0.3) is 44.3 Å². The molecule has 9 rings (SSSR count). The summed E-state index contributed by atoms with van der Waals surface area (Å²) in [7, 11) is 0. The molecule has 3 aromatic heterocycles. The summed E-state index contributed by atoms with van der Waals surface area (Å²) in [6.45, 7) is 8.73. The molecule has 7 heteroatoms. The van der Waals surface area contributed by atoms with E-state index < -0.39 is 0 Å². The van der Waals surface area contributed by atoms with Gasteiger partial charge < -0.3 is 23.7 Å². The van der Waals surface area contributed by atoms with Gasteiger partial charge in [0.15, 0.2) is 0 Å². The van der Waals surface area contributed by atoms with Crippen LogP contribution in [0, 0.1) is 18.8 Å². The zero-order chi connectivity index (χ0) is 33.8. The van der Waals surface area contributed by atoms with Crippen molar-refractivity contribution < 1.29 is 25.2 Å². The van der Waals surface area contributed by atoms with E-state index in [9.17, 15) is 0 Å². The first-order valence-electron chi connectivity index (χ1n) is 16.8. The first-order chi connectivity index (χ1) is 24.4. The molecule has 0 bridgehead atoms. The molecule has 5 aromatic carbocycles. The van der Waals surface area contributed by atoms with E-state index in [0.717, 1.165) is 55.7 Å². The Morgan fingerprint density at radius 1 is 0.627 bits per heavy atom. The fourth-order valence-corrected chi connectivity index (χ4v) is 6.80. The molecule has 0 amide bonds. The second kappa shape index (κ2) is 12.9. The molecule has 0 N–H and O–H groups in total. The number of pyridine rings is 1. The van der Waals surface area contributed by atoms with Crippen molar-refractivity contribution in [2.24, 2.45) is 0 Å². The van der Waals surface area contributed by atoms with Crippen molar-refractivity contribution in [1.29, 1.82) is 0 Å². The molecule has 51 heavy (non-hydrogen) atoms. The summed E-state index contributed by atoms with van der Waals surface area (Å²) in [4.78, 5) is 9.06. The van der Waals surface area contributed by atoms with Crippen molar-refractivity contribution in [3.05, 3.63) is 170 Å². The van der Waals surface area contributed by atoms with Crippen LogP contribution >= 0.6 is 0 Å². The Balaban J connectivity index is 0.00000374. The van der Waals surface area contributed by atoms with E-state index in [-0.39, 0.29) is 25.8 Å². The fraction of sp³-hybridized carbons (Fsp3) is 0.0909. The van der Waals surface area contributed by atoms with Gasteiger partial charge in [-0.2, -0.15) is 12.1 Å². The van der Waals surface area contributed by atoms with Gasteiger partial charge in [-0.05, 0) is 65.8 Å². The van der Waals surface area contributed by atoms with Crippen LogP contribution < -0.4 is 14.5 Å². The van der Waals surface area contributed by atoms with Crippen molar-refractivity contribution in [3.8, 4) is 23.0 Å². The van der Waals surface area contributed by atoms with Gasteiger partial charge in [-0.3, -0.25) is 0 Å². The van der Waals surface area contributed by atoms with Crippen molar-refractivity contribution >= 4 is 44.2 Å². The van der Waals surface area contributed by atoms with E-state index in [1.54, 1.807) is 0 Å². The minimum absolute atomic E-state index is 0. The molecule has 0 spiro atoms. The molecule has 4 heterocycles. The minimum atomic E-state index is -0.0449. The Hall–Kier alpha value is -5.61. The maximum atomic E-state index is 6.51. The van der Waals surface area contributed by atoms with Gasteiger partial charge in [-0.15, -0.1) is 42.7 Å². The molecule has 0 saturated heterocycles. The molecular weight excluding hydrogens is 721 g/mol. The number of anilines is 2. The van der Waals surface area contributed by atoms with Crippen LogP contribution in [0.5, 0.6) is 11.5 Å². The maximum Gasteiger partial charge on any atom is 0.135 e. The van der Waals surface area contributed by atoms with Gasteiger partial charge in [0.2, 0.25) is 0 Å². The number of hydrogen-bond donors (Lipinski definition) is 0. The normalized spacial score (nSPS) is 13.0. The molecular formula is C44H34N5OPd-3. The van der Waals surface area contributed by atoms with Crippen LogP contribution in [0.3, 0.4) is 0 Å².